The van der Waals surface area contributed by atoms with Gasteiger partial charge in [-0.2, -0.15) is 0 Å². The smallest absolute Gasteiger partial charge is 0.328 e. The topological polar surface area (TPSA) is 144 Å². The largest absolute Gasteiger partial charge is 0.545 e. The summed E-state index contributed by atoms with van der Waals surface area (Å²) in [6.07, 6.45) is 2.22. The molecule has 7 nitrogen and oxygen atoms in total. The summed E-state index contributed by atoms with van der Waals surface area (Å²) in [6.45, 7) is 0. The van der Waals surface area contributed by atoms with Crippen molar-refractivity contribution < 1.29 is 24.8 Å². The highest BCUT2D eigenvalue weighted by Gasteiger charge is 2.14. The van der Waals surface area contributed by atoms with Gasteiger partial charge >= 0.3 is 5.97 Å². The lowest BCUT2D eigenvalue weighted by molar-refractivity contribution is -0.343. The van der Waals surface area contributed by atoms with Gasteiger partial charge in [-0.15, -0.1) is 0 Å². The summed E-state index contributed by atoms with van der Waals surface area (Å²) < 4.78 is 0. The Morgan fingerprint density at radius 3 is 1.62 bits per heavy atom. The second-order valence-corrected chi connectivity index (χ2v) is 7.49. The van der Waals surface area contributed by atoms with Crippen molar-refractivity contribution in [2.45, 2.75) is 12.8 Å². The predicted octanol–water partition coefficient (Wildman–Crippen LogP) is 2.53. The number of pyridine rings is 1. The van der Waals surface area contributed by atoms with Crippen LogP contribution in [0.25, 0.3) is 0 Å². The quantitative estimate of drug-likeness (QED) is 0.469. The first-order valence-electron chi connectivity index (χ1n) is 9.35. The SMILES string of the molecule is Nc1[nH+]c(N)c(Cc2ccccc2Cl)cc1Cc1ccccc1Cl.O=C([O-])/C=C/C(=O)O. The third-order valence-electron chi connectivity index (χ3n) is 4.35. The molecular weight excluding hydrogens is 453 g/mol. The van der Waals surface area contributed by atoms with Crippen LogP contribution in [0.4, 0.5) is 11.6 Å². The van der Waals surface area contributed by atoms with Crippen LogP contribution < -0.4 is 21.6 Å². The van der Waals surface area contributed by atoms with E-state index in [1.807, 2.05) is 54.6 Å². The fourth-order valence-electron chi connectivity index (χ4n) is 2.80. The molecular formula is C23H21Cl2N3O4. The Kier molecular flexibility index (Phi) is 9.07. The average Bonchev–Trinajstić information content (AvgIpc) is 2.73. The molecule has 0 aliphatic rings. The van der Waals surface area contributed by atoms with E-state index in [1.165, 1.54) is 0 Å². The fraction of sp³-hybridized carbons (Fsp3) is 0.0870. The molecule has 1 aromatic heterocycles. The first-order valence-corrected chi connectivity index (χ1v) is 10.1. The predicted molar refractivity (Wildman–Crippen MR) is 122 cm³/mol. The van der Waals surface area contributed by atoms with Crippen molar-refractivity contribution in [2.75, 3.05) is 11.5 Å². The molecule has 6 N–H and O–H groups in total. The van der Waals surface area contributed by atoms with Crippen LogP contribution in [0.1, 0.15) is 22.3 Å². The number of H-pyrrole nitrogens is 1. The third-order valence-corrected chi connectivity index (χ3v) is 5.09. The second kappa shape index (κ2) is 11.7. The van der Waals surface area contributed by atoms with Gasteiger partial charge in [-0.1, -0.05) is 59.6 Å². The summed E-state index contributed by atoms with van der Waals surface area (Å²) in [7, 11) is 0. The number of benzene rings is 2. The minimum Gasteiger partial charge on any atom is -0.545 e. The van der Waals surface area contributed by atoms with Crippen molar-refractivity contribution in [3.63, 3.8) is 0 Å². The number of carboxylic acid groups (broad SMARTS) is 2. The standard InChI is InChI=1S/C19H17Cl2N3.C4H4O4/c20-16-7-3-1-5-12(16)9-14-11-15(19(23)24-18(14)22)10-13-6-2-4-8-17(13)21;5-3(6)1-2-4(7)8/h1-8,11H,9-10H2,(H4,22,23,24);1-2H,(H,5,6)(H,7,8)/b;2-1+. The number of halogens is 2. The number of hydrogen-bond donors (Lipinski definition) is 3. The second-order valence-electron chi connectivity index (χ2n) is 6.67. The zero-order valence-electron chi connectivity index (χ0n) is 16.8. The van der Waals surface area contributed by atoms with E-state index in [4.69, 9.17) is 39.8 Å². The van der Waals surface area contributed by atoms with Gasteiger partial charge in [-0.05, 0) is 35.4 Å². The van der Waals surface area contributed by atoms with Crippen LogP contribution in [0.2, 0.25) is 10.0 Å². The number of aliphatic carboxylic acids is 2. The van der Waals surface area contributed by atoms with Crippen molar-refractivity contribution in [1.29, 1.82) is 0 Å². The number of nitrogens with two attached hydrogens (primary N) is 2. The number of anilines is 2. The number of rotatable bonds is 6. The number of carboxylic acids is 2. The maximum absolute atomic E-state index is 9.53. The van der Waals surface area contributed by atoms with Crippen LogP contribution in [-0.2, 0) is 22.4 Å². The molecule has 32 heavy (non-hydrogen) atoms. The van der Waals surface area contributed by atoms with E-state index < -0.39 is 11.9 Å². The lowest BCUT2D eigenvalue weighted by Crippen LogP contribution is -2.20. The molecule has 0 atom stereocenters. The van der Waals surface area contributed by atoms with Gasteiger partial charge in [0.2, 0.25) is 11.6 Å². The Bertz CT molecular complexity index is 1070. The van der Waals surface area contributed by atoms with E-state index in [-0.39, 0.29) is 0 Å². The van der Waals surface area contributed by atoms with E-state index in [1.54, 1.807) is 0 Å². The van der Waals surface area contributed by atoms with Crippen molar-refractivity contribution >= 4 is 46.8 Å². The van der Waals surface area contributed by atoms with Gasteiger partial charge in [0.1, 0.15) is 0 Å². The average molecular weight is 474 g/mol. The summed E-state index contributed by atoms with van der Waals surface area (Å²) in [5, 5.41) is 18.7. The minimum absolute atomic E-state index is 0.447. The van der Waals surface area contributed by atoms with Gasteiger partial charge in [-0.3, -0.25) is 0 Å². The number of aromatic nitrogens is 1. The van der Waals surface area contributed by atoms with Crippen molar-refractivity contribution in [2.24, 2.45) is 0 Å². The Labute approximate surface area is 194 Å². The first-order chi connectivity index (χ1) is 15.2. The van der Waals surface area contributed by atoms with Gasteiger partial charge in [-0.25, -0.2) is 9.78 Å². The highest BCUT2D eigenvalue weighted by molar-refractivity contribution is 6.31. The summed E-state index contributed by atoms with van der Waals surface area (Å²) in [6, 6.07) is 17.5. The fourth-order valence-corrected chi connectivity index (χ4v) is 3.20. The number of hydrogen-bond acceptors (Lipinski definition) is 5. The first kappa shape index (κ1) is 24.7. The number of aromatic amines is 1. The zero-order valence-corrected chi connectivity index (χ0v) is 18.4. The number of nitrogen functional groups attached to an aromatic ring is 2. The van der Waals surface area contributed by atoms with Crippen LogP contribution in [0.3, 0.4) is 0 Å². The highest BCUT2D eigenvalue weighted by Crippen LogP contribution is 2.25. The molecule has 0 radical (unpaired) electrons. The molecule has 0 aliphatic carbocycles. The summed E-state index contributed by atoms with van der Waals surface area (Å²) in [4.78, 5) is 22.0. The van der Waals surface area contributed by atoms with Gasteiger partial charge in [0.05, 0.1) is 5.97 Å². The number of carbonyl (C=O) groups excluding carboxylic acids is 1. The molecule has 3 aromatic rings. The maximum atomic E-state index is 9.53. The normalized spacial score (nSPS) is 10.4. The molecule has 0 fully saturated rings. The molecule has 0 amide bonds. The van der Waals surface area contributed by atoms with E-state index in [0.717, 1.165) is 32.3 Å². The van der Waals surface area contributed by atoms with E-state index in [9.17, 15) is 14.7 Å². The zero-order chi connectivity index (χ0) is 23.7. The van der Waals surface area contributed by atoms with Gasteiger partial charge in [0, 0.05) is 40.1 Å². The van der Waals surface area contributed by atoms with Gasteiger partial charge in [0.15, 0.2) is 0 Å². The molecule has 0 unspecified atom stereocenters. The van der Waals surface area contributed by atoms with Crippen LogP contribution in [-0.4, -0.2) is 17.0 Å². The van der Waals surface area contributed by atoms with Crippen molar-refractivity contribution in [3.05, 3.63) is 99.0 Å². The Morgan fingerprint density at radius 1 is 0.844 bits per heavy atom. The number of carbonyl (C=O) groups is 2. The molecule has 0 saturated heterocycles. The lowest BCUT2D eigenvalue weighted by Gasteiger charge is -2.10. The van der Waals surface area contributed by atoms with Crippen LogP contribution in [0.15, 0.2) is 66.7 Å². The van der Waals surface area contributed by atoms with Crippen molar-refractivity contribution in [1.82, 2.24) is 0 Å². The summed E-state index contributed by atoms with van der Waals surface area (Å²) >= 11 is 12.5. The molecule has 0 bridgehead atoms. The van der Waals surface area contributed by atoms with Gasteiger partial charge in [0.25, 0.3) is 0 Å². The lowest BCUT2D eigenvalue weighted by atomic mass is 10.00. The van der Waals surface area contributed by atoms with Crippen LogP contribution in [0, 0.1) is 0 Å². The molecule has 3 rings (SSSR count). The number of nitrogens with one attached hydrogen (secondary N) is 1. The Hall–Kier alpha value is -3.55. The third kappa shape index (κ3) is 7.61. The van der Waals surface area contributed by atoms with E-state index in [2.05, 4.69) is 4.98 Å². The molecule has 9 heteroatoms. The Morgan fingerprint density at radius 2 is 1.28 bits per heavy atom. The van der Waals surface area contributed by atoms with E-state index >= 15 is 0 Å². The van der Waals surface area contributed by atoms with Gasteiger partial charge < -0.3 is 26.5 Å². The molecule has 0 spiro atoms. The van der Waals surface area contributed by atoms with Crippen LogP contribution >= 0.6 is 23.2 Å². The van der Waals surface area contributed by atoms with Crippen molar-refractivity contribution in [3.8, 4) is 0 Å². The van der Waals surface area contributed by atoms with E-state index in [0.29, 0.717) is 36.6 Å². The molecule has 1 heterocycles. The molecule has 166 valence electrons. The molecule has 2 aromatic carbocycles. The molecule has 0 saturated carbocycles. The summed E-state index contributed by atoms with van der Waals surface area (Å²) in [5.41, 5.74) is 16.2. The van der Waals surface area contributed by atoms with Crippen LogP contribution in [0.5, 0.6) is 0 Å². The monoisotopic (exact) mass is 473 g/mol. The molecule has 0 aliphatic heterocycles. The minimum atomic E-state index is -1.51. The summed E-state index contributed by atoms with van der Waals surface area (Å²) in [5.74, 6) is -1.70. The maximum Gasteiger partial charge on any atom is 0.328 e. The highest BCUT2D eigenvalue weighted by atomic mass is 35.5. The Balaban J connectivity index is 0.000000390.